The lowest BCUT2D eigenvalue weighted by molar-refractivity contribution is -0.0512. The zero-order valence-electron chi connectivity index (χ0n) is 14.7. The number of aromatic nitrogens is 2. The van der Waals surface area contributed by atoms with Gasteiger partial charge in [-0.1, -0.05) is 6.07 Å². The number of carbonyl (C=O) groups excluding carboxylic acids is 1. The normalized spacial score (nSPS) is 10.4. The molecule has 0 saturated heterocycles. The third kappa shape index (κ3) is 4.91. The van der Waals surface area contributed by atoms with Gasteiger partial charge in [-0.2, -0.15) is 8.78 Å². The summed E-state index contributed by atoms with van der Waals surface area (Å²) in [5.74, 6) is -0.0269. The first-order valence-corrected chi connectivity index (χ1v) is 8.13. The van der Waals surface area contributed by atoms with Crippen LogP contribution in [0.15, 0.2) is 60.9 Å². The molecule has 144 valence electrons. The number of ether oxygens (including phenoxy) is 2. The molecule has 3 rings (SSSR count). The molecule has 2 N–H and O–H groups in total. The average molecular weight is 386 g/mol. The molecule has 0 atom stereocenters. The van der Waals surface area contributed by atoms with Crippen molar-refractivity contribution < 1.29 is 23.0 Å². The summed E-state index contributed by atoms with van der Waals surface area (Å²) in [6.07, 6.45) is 3.20. The van der Waals surface area contributed by atoms with Crippen LogP contribution in [0.1, 0.15) is 10.4 Å². The molecular formula is C19H16F2N4O3. The number of anilines is 3. The SMILES string of the molecule is COc1cc(NC(=O)c2cccc(Nc3ncccn3)c2)ccc1OC(F)F. The second kappa shape index (κ2) is 8.76. The van der Waals surface area contributed by atoms with E-state index >= 15 is 0 Å². The third-order valence-corrected chi connectivity index (χ3v) is 3.58. The highest BCUT2D eigenvalue weighted by molar-refractivity contribution is 6.05. The molecule has 2 aromatic carbocycles. The first-order chi connectivity index (χ1) is 13.5. The molecule has 0 unspecified atom stereocenters. The number of hydrogen-bond donors (Lipinski definition) is 2. The summed E-state index contributed by atoms with van der Waals surface area (Å²) < 4.78 is 34.2. The highest BCUT2D eigenvalue weighted by Crippen LogP contribution is 2.31. The maximum atomic E-state index is 12.5. The van der Waals surface area contributed by atoms with E-state index in [0.29, 0.717) is 22.9 Å². The highest BCUT2D eigenvalue weighted by atomic mass is 19.3. The largest absolute Gasteiger partial charge is 0.493 e. The molecule has 1 amide bonds. The topological polar surface area (TPSA) is 85.4 Å². The number of benzene rings is 2. The first-order valence-electron chi connectivity index (χ1n) is 8.13. The molecule has 0 bridgehead atoms. The van der Waals surface area contributed by atoms with Gasteiger partial charge in [-0.25, -0.2) is 9.97 Å². The fourth-order valence-corrected chi connectivity index (χ4v) is 2.37. The molecule has 0 saturated carbocycles. The van der Waals surface area contributed by atoms with E-state index in [9.17, 15) is 13.6 Å². The van der Waals surface area contributed by atoms with Gasteiger partial charge in [0.1, 0.15) is 0 Å². The summed E-state index contributed by atoms with van der Waals surface area (Å²) in [5, 5.41) is 5.68. The number of rotatable bonds is 7. The molecule has 0 spiro atoms. The second-order valence-corrected chi connectivity index (χ2v) is 5.48. The van der Waals surface area contributed by atoms with Gasteiger partial charge >= 0.3 is 6.61 Å². The summed E-state index contributed by atoms with van der Waals surface area (Å²) in [7, 11) is 1.32. The molecule has 0 aliphatic rings. The van der Waals surface area contributed by atoms with Crippen LogP contribution >= 0.6 is 0 Å². The molecule has 9 heteroatoms. The van der Waals surface area contributed by atoms with Crippen molar-refractivity contribution >= 4 is 23.2 Å². The highest BCUT2D eigenvalue weighted by Gasteiger charge is 2.13. The van der Waals surface area contributed by atoms with Crippen molar-refractivity contribution in [3.63, 3.8) is 0 Å². The fraction of sp³-hybridized carbons (Fsp3) is 0.105. The summed E-state index contributed by atoms with van der Waals surface area (Å²) in [6.45, 7) is -2.97. The van der Waals surface area contributed by atoms with Crippen LogP contribution in [0.5, 0.6) is 11.5 Å². The number of nitrogens with zero attached hydrogens (tertiary/aromatic N) is 2. The molecular weight excluding hydrogens is 370 g/mol. The van der Waals surface area contributed by atoms with Gasteiger partial charge in [-0.3, -0.25) is 4.79 Å². The Morgan fingerprint density at radius 2 is 1.79 bits per heavy atom. The van der Waals surface area contributed by atoms with Crippen LogP contribution in [-0.2, 0) is 0 Å². The van der Waals surface area contributed by atoms with Crippen LogP contribution in [-0.4, -0.2) is 29.6 Å². The van der Waals surface area contributed by atoms with Crippen LogP contribution < -0.4 is 20.1 Å². The summed E-state index contributed by atoms with van der Waals surface area (Å²) in [6, 6.07) is 12.6. The Hall–Kier alpha value is -3.75. The monoisotopic (exact) mass is 386 g/mol. The van der Waals surface area contributed by atoms with E-state index in [1.165, 1.54) is 25.3 Å². The van der Waals surface area contributed by atoms with Gasteiger partial charge in [0.05, 0.1) is 7.11 Å². The standard InChI is InChI=1S/C19H16F2N4O3/c1-27-16-11-14(6-7-15(16)28-18(20)21)24-17(26)12-4-2-5-13(10-12)25-19-22-8-3-9-23-19/h2-11,18H,1H3,(H,24,26)(H,22,23,25). The van der Waals surface area contributed by atoms with E-state index in [1.54, 1.807) is 42.7 Å². The van der Waals surface area contributed by atoms with Crippen molar-refractivity contribution in [2.24, 2.45) is 0 Å². The van der Waals surface area contributed by atoms with Crippen molar-refractivity contribution in [2.45, 2.75) is 6.61 Å². The van der Waals surface area contributed by atoms with Gasteiger partial charge in [0.2, 0.25) is 5.95 Å². The lowest BCUT2D eigenvalue weighted by atomic mass is 10.1. The molecule has 0 radical (unpaired) electrons. The molecule has 28 heavy (non-hydrogen) atoms. The number of halogens is 2. The van der Waals surface area contributed by atoms with Gasteiger partial charge in [0.15, 0.2) is 11.5 Å². The van der Waals surface area contributed by atoms with E-state index in [0.717, 1.165) is 0 Å². The fourth-order valence-electron chi connectivity index (χ4n) is 2.37. The van der Waals surface area contributed by atoms with Gasteiger partial charge in [0.25, 0.3) is 5.91 Å². The van der Waals surface area contributed by atoms with Crippen molar-refractivity contribution in [3.05, 3.63) is 66.5 Å². The summed E-state index contributed by atoms with van der Waals surface area (Å²) >= 11 is 0. The van der Waals surface area contributed by atoms with E-state index < -0.39 is 6.61 Å². The van der Waals surface area contributed by atoms with Crippen molar-refractivity contribution in [2.75, 3.05) is 17.7 Å². The smallest absolute Gasteiger partial charge is 0.387 e. The van der Waals surface area contributed by atoms with Crippen LogP contribution in [0.2, 0.25) is 0 Å². The van der Waals surface area contributed by atoms with Gasteiger partial charge in [0, 0.05) is 35.4 Å². The number of hydrogen-bond acceptors (Lipinski definition) is 6. The third-order valence-electron chi connectivity index (χ3n) is 3.58. The van der Waals surface area contributed by atoms with Crippen LogP contribution in [0.25, 0.3) is 0 Å². The minimum atomic E-state index is -2.97. The zero-order valence-corrected chi connectivity index (χ0v) is 14.7. The molecule has 3 aromatic rings. The minimum absolute atomic E-state index is 0.0785. The average Bonchev–Trinajstić information content (AvgIpc) is 2.69. The van der Waals surface area contributed by atoms with Crippen molar-refractivity contribution in [1.82, 2.24) is 9.97 Å². The molecule has 1 heterocycles. The predicted molar refractivity (Wildman–Crippen MR) is 99.3 cm³/mol. The molecule has 0 fully saturated rings. The van der Waals surface area contributed by atoms with Gasteiger partial charge in [-0.05, 0) is 36.4 Å². The quantitative estimate of drug-likeness (QED) is 0.636. The number of carbonyl (C=O) groups is 1. The second-order valence-electron chi connectivity index (χ2n) is 5.48. The Bertz CT molecular complexity index is 955. The van der Waals surface area contributed by atoms with Gasteiger partial charge in [-0.15, -0.1) is 0 Å². The number of nitrogens with one attached hydrogen (secondary N) is 2. The van der Waals surface area contributed by atoms with E-state index in [2.05, 4.69) is 25.3 Å². The maximum Gasteiger partial charge on any atom is 0.387 e. The lowest BCUT2D eigenvalue weighted by Crippen LogP contribution is -2.12. The lowest BCUT2D eigenvalue weighted by Gasteiger charge is -2.12. The number of alkyl halides is 2. The Labute approximate surface area is 159 Å². The molecule has 0 aliphatic heterocycles. The minimum Gasteiger partial charge on any atom is -0.493 e. The molecule has 0 aliphatic carbocycles. The van der Waals surface area contributed by atoms with E-state index in [-0.39, 0.29) is 17.4 Å². The summed E-state index contributed by atoms with van der Waals surface area (Å²) in [4.78, 5) is 20.6. The van der Waals surface area contributed by atoms with Crippen molar-refractivity contribution in [1.29, 1.82) is 0 Å². The number of amides is 1. The predicted octanol–water partition coefficient (Wildman–Crippen LogP) is 4.08. The Balaban J connectivity index is 1.73. The Kier molecular flexibility index (Phi) is 5.95. The van der Waals surface area contributed by atoms with Crippen LogP contribution in [0, 0.1) is 0 Å². The van der Waals surface area contributed by atoms with Crippen molar-refractivity contribution in [3.8, 4) is 11.5 Å². The maximum absolute atomic E-state index is 12.5. The van der Waals surface area contributed by atoms with Crippen LogP contribution in [0.4, 0.5) is 26.1 Å². The first kappa shape index (κ1) is 19.0. The Morgan fingerprint density at radius 3 is 2.50 bits per heavy atom. The molecule has 7 nitrogen and oxygen atoms in total. The van der Waals surface area contributed by atoms with Gasteiger partial charge < -0.3 is 20.1 Å². The molecule has 1 aromatic heterocycles. The van der Waals surface area contributed by atoms with Crippen LogP contribution in [0.3, 0.4) is 0 Å². The number of methoxy groups -OCH3 is 1. The summed E-state index contributed by atoms with van der Waals surface area (Å²) in [5.41, 5.74) is 1.39. The zero-order chi connectivity index (χ0) is 19.9. The van der Waals surface area contributed by atoms with E-state index in [4.69, 9.17) is 4.74 Å². The van der Waals surface area contributed by atoms with E-state index in [1.807, 2.05) is 0 Å². The Morgan fingerprint density at radius 1 is 1.00 bits per heavy atom.